The van der Waals surface area contributed by atoms with E-state index in [1.54, 1.807) is 23.1 Å². The van der Waals surface area contributed by atoms with Crippen LogP contribution in [0.25, 0.3) is 0 Å². The summed E-state index contributed by atoms with van der Waals surface area (Å²) < 4.78 is 5.84. The second-order valence-electron chi connectivity index (χ2n) is 10.5. The number of fused-ring (bicyclic) bond motifs is 2. The molecule has 37 heavy (non-hydrogen) atoms. The fourth-order valence-corrected chi connectivity index (χ4v) is 6.23. The first-order valence-corrected chi connectivity index (χ1v) is 13.9. The van der Waals surface area contributed by atoms with Crippen molar-refractivity contribution in [2.45, 2.75) is 69.2 Å². The Labute approximate surface area is 228 Å². The lowest BCUT2D eigenvalue weighted by Gasteiger charge is -2.39. The zero-order valence-corrected chi connectivity index (χ0v) is 22.4. The Morgan fingerprint density at radius 3 is 2.27 bits per heavy atom. The molecule has 9 heteroatoms. The van der Waals surface area contributed by atoms with E-state index in [4.69, 9.17) is 33.7 Å². The molecule has 2 atom stereocenters. The van der Waals surface area contributed by atoms with Crippen molar-refractivity contribution in [2.75, 3.05) is 19.7 Å². The van der Waals surface area contributed by atoms with Gasteiger partial charge >= 0.3 is 0 Å². The number of rotatable bonds is 7. The Morgan fingerprint density at radius 1 is 0.946 bits per heavy atom. The number of nitrogens with zero attached hydrogens (tertiary/aromatic N) is 2. The van der Waals surface area contributed by atoms with Gasteiger partial charge < -0.3 is 20.7 Å². The van der Waals surface area contributed by atoms with E-state index in [9.17, 15) is 9.59 Å². The van der Waals surface area contributed by atoms with Crippen molar-refractivity contribution in [3.05, 3.63) is 63.6 Å². The third-order valence-corrected chi connectivity index (χ3v) is 8.37. The number of ether oxygens (including phenoxy) is 1. The van der Waals surface area contributed by atoms with Crippen LogP contribution in [0.3, 0.4) is 0 Å². The molecule has 2 unspecified atom stereocenters. The second-order valence-corrected chi connectivity index (χ2v) is 11.4. The summed E-state index contributed by atoms with van der Waals surface area (Å²) in [5, 5.41) is 4.37. The number of nitrogens with two attached hydrogens (primary N) is 1. The predicted octanol–water partition coefficient (Wildman–Crippen LogP) is 4.25. The number of benzene rings is 2. The number of halogens is 2. The number of amides is 2. The molecule has 0 radical (unpaired) electrons. The predicted molar refractivity (Wildman–Crippen MR) is 145 cm³/mol. The molecule has 2 aromatic rings. The molecule has 0 aromatic heterocycles. The van der Waals surface area contributed by atoms with Gasteiger partial charge in [-0.05, 0) is 74.4 Å². The van der Waals surface area contributed by atoms with Gasteiger partial charge in [0.1, 0.15) is 5.75 Å². The van der Waals surface area contributed by atoms with Gasteiger partial charge in [-0.1, -0.05) is 35.3 Å². The van der Waals surface area contributed by atoms with Crippen LogP contribution in [0.5, 0.6) is 5.75 Å². The molecule has 7 nitrogen and oxygen atoms in total. The molecule has 0 saturated carbocycles. The zero-order chi connectivity index (χ0) is 25.9. The molecule has 3 aliphatic rings. The molecule has 0 spiro atoms. The van der Waals surface area contributed by atoms with Crippen LogP contribution >= 0.6 is 23.2 Å². The van der Waals surface area contributed by atoms with Crippen LogP contribution in [0.15, 0.2) is 42.5 Å². The number of carbonyl (C=O) groups is 2. The molecular weight excluding hydrogens is 511 g/mol. The Hall–Kier alpha value is -2.32. The highest BCUT2D eigenvalue weighted by molar-refractivity contribution is 6.31. The minimum Gasteiger partial charge on any atom is -0.483 e. The average molecular weight is 546 g/mol. The smallest absolute Gasteiger partial charge is 0.258 e. The van der Waals surface area contributed by atoms with Gasteiger partial charge in [-0.15, -0.1) is 0 Å². The maximum Gasteiger partial charge on any atom is 0.258 e. The summed E-state index contributed by atoms with van der Waals surface area (Å²) in [6.07, 6.45) is 5.70. The van der Waals surface area contributed by atoms with Gasteiger partial charge in [0.15, 0.2) is 6.61 Å². The van der Waals surface area contributed by atoms with Gasteiger partial charge in [0, 0.05) is 53.8 Å². The largest absolute Gasteiger partial charge is 0.483 e. The third-order valence-electron chi connectivity index (χ3n) is 7.89. The molecule has 5 rings (SSSR count). The van der Waals surface area contributed by atoms with Crippen LogP contribution in [0, 0.1) is 0 Å². The highest BCUT2D eigenvalue weighted by Crippen LogP contribution is 2.37. The fourth-order valence-electron chi connectivity index (χ4n) is 5.93. The second kappa shape index (κ2) is 11.6. The lowest BCUT2D eigenvalue weighted by molar-refractivity contribution is -0.124. The standard InChI is InChI=1S/C28H34Cl2N4O3/c29-19-3-1-18(2-4-19)16-34-23-6-7-24(34)15-22(14-23)32-27(35)17-37-26-8-5-20(30)13-25(26)28(36)33-11-9-21(31)10-12-33/h1-5,8,13,21-24H,6-7,9-12,14-17,31H2,(H,32,35). The molecule has 2 amide bonds. The van der Waals surface area contributed by atoms with Gasteiger partial charge in [-0.3, -0.25) is 14.5 Å². The first kappa shape index (κ1) is 26.3. The minimum atomic E-state index is -0.173. The number of hydrogen-bond acceptors (Lipinski definition) is 5. The summed E-state index contributed by atoms with van der Waals surface area (Å²) in [6, 6.07) is 14.2. The SMILES string of the molecule is NC1CCN(C(=O)c2cc(Cl)ccc2OCC(=O)NC2CC3CCC(C2)N3Cc2ccc(Cl)cc2)CC1. The highest BCUT2D eigenvalue weighted by atomic mass is 35.5. The maximum absolute atomic E-state index is 13.1. The normalized spacial score (nSPS) is 24.2. The Morgan fingerprint density at radius 2 is 1.59 bits per heavy atom. The Balaban J connectivity index is 1.15. The van der Waals surface area contributed by atoms with Crippen molar-refractivity contribution >= 4 is 35.0 Å². The molecule has 2 bridgehead atoms. The van der Waals surface area contributed by atoms with E-state index in [0.717, 1.165) is 50.1 Å². The van der Waals surface area contributed by atoms with Crippen molar-refractivity contribution in [1.29, 1.82) is 0 Å². The van der Waals surface area contributed by atoms with Crippen LogP contribution in [0.4, 0.5) is 0 Å². The van der Waals surface area contributed by atoms with E-state index in [1.165, 1.54) is 5.56 Å². The van der Waals surface area contributed by atoms with Gasteiger partial charge in [-0.25, -0.2) is 0 Å². The fraction of sp³-hybridized carbons (Fsp3) is 0.500. The van der Waals surface area contributed by atoms with Crippen molar-refractivity contribution in [2.24, 2.45) is 5.73 Å². The molecular formula is C28H34Cl2N4O3. The lowest BCUT2D eigenvalue weighted by atomic mass is 9.96. The summed E-state index contributed by atoms with van der Waals surface area (Å²) in [5.74, 6) is 0.0552. The lowest BCUT2D eigenvalue weighted by Crippen LogP contribution is -2.50. The van der Waals surface area contributed by atoms with Gasteiger partial charge in [0.25, 0.3) is 11.8 Å². The van der Waals surface area contributed by atoms with Crippen molar-refractivity contribution in [3.63, 3.8) is 0 Å². The summed E-state index contributed by atoms with van der Waals surface area (Å²) in [6.45, 7) is 1.97. The quantitative estimate of drug-likeness (QED) is 0.544. The molecule has 3 saturated heterocycles. The van der Waals surface area contributed by atoms with Crippen LogP contribution in [-0.4, -0.2) is 65.5 Å². The molecule has 3 heterocycles. The van der Waals surface area contributed by atoms with E-state index in [2.05, 4.69) is 22.3 Å². The molecule has 2 aromatic carbocycles. The summed E-state index contributed by atoms with van der Waals surface area (Å²) in [4.78, 5) is 30.3. The van der Waals surface area contributed by atoms with Crippen LogP contribution < -0.4 is 15.8 Å². The number of nitrogens with one attached hydrogen (secondary N) is 1. The van der Waals surface area contributed by atoms with Crippen LogP contribution in [0.1, 0.15) is 54.4 Å². The summed E-state index contributed by atoms with van der Waals surface area (Å²) in [5.41, 5.74) is 7.62. The number of likely N-dealkylation sites (tertiary alicyclic amines) is 1. The number of hydrogen-bond donors (Lipinski definition) is 2. The van der Waals surface area contributed by atoms with E-state index in [0.29, 0.717) is 41.5 Å². The van der Waals surface area contributed by atoms with Crippen LogP contribution in [-0.2, 0) is 11.3 Å². The summed E-state index contributed by atoms with van der Waals surface area (Å²) >= 11 is 12.2. The van der Waals surface area contributed by atoms with E-state index in [-0.39, 0.29) is 30.5 Å². The Kier molecular flexibility index (Phi) is 8.24. The zero-order valence-electron chi connectivity index (χ0n) is 20.9. The van der Waals surface area contributed by atoms with Gasteiger partial charge in [0.05, 0.1) is 5.56 Å². The van der Waals surface area contributed by atoms with Crippen molar-refractivity contribution in [1.82, 2.24) is 15.1 Å². The average Bonchev–Trinajstić information content (AvgIpc) is 3.11. The minimum absolute atomic E-state index is 0.124. The van der Waals surface area contributed by atoms with E-state index in [1.807, 2.05) is 12.1 Å². The first-order chi connectivity index (χ1) is 17.9. The monoisotopic (exact) mass is 544 g/mol. The van der Waals surface area contributed by atoms with Gasteiger partial charge in [-0.2, -0.15) is 0 Å². The summed E-state index contributed by atoms with van der Waals surface area (Å²) in [7, 11) is 0. The van der Waals surface area contributed by atoms with Crippen molar-refractivity contribution < 1.29 is 14.3 Å². The molecule has 3 N–H and O–H groups in total. The molecule has 198 valence electrons. The van der Waals surface area contributed by atoms with Gasteiger partial charge in [0.2, 0.25) is 0 Å². The number of carbonyl (C=O) groups excluding carboxylic acids is 2. The third kappa shape index (κ3) is 6.40. The molecule has 3 aliphatic heterocycles. The van der Waals surface area contributed by atoms with Crippen LogP contribution in [0.2, 0.25) is 10.0 Å². The molecule has 3 fully saturated rings. The maximum atomic E-state index is 13.1. The number of piperidine rings is 2. The first-order valence-electron chi connectivity index (χ1n) is 13.1. The van der Waals surface area contributed by atoms with E-state index >= 15 is 0 Å². The highest BCUT2D eigenvalue weighted by Gasteiger charge is 2.41. The van der Waals surface area contributed by atoms with Crippen molar-refractivity contribution in [3.8, 4) is 5.75 Å². The Bertz CT molecular complexity index is 1110. The topological polar surface area (TPSA) is 87.9 Å². The van der Waals surface area contributed by atoms with E-state index < -0.39 is 0 Å². The molecule has 0 aliphatic carbocycles.